The summed E-state index contributed by atoms with van der Waals surface area (Å²) in [6.45, 7) is 6.52. The molecule has 2 rings (SSSR count). The fourth-order valence-electron chi connectivity index (χ4n) is 2.33. The van der Waals surface area contributed by atoms with Crippen molar-refractivity contribution >= 4 is 0 Å². The monoisotopic (exact) mass is 233 g/mol. The predicted molar refractivity (Wildman–Crippen MR) is 71.4 cm³/mol. The first kappa shape index (κ1) is 12.4. The fourth-order valence-corrected chi connectivity index (χ4v) is 2.33. The molecule has 2 heteroatoms. The Morgan fingerprint density at radius 2 is 2.00 bits per heavy atom. The van der Waals surface area contributed by atoms with E-state index in [4.69, 9.17) is 4.74 Å². The van der Waals surface area contributed by atoms with Crippen LogP contribution in [-0.2, 0) is 6.54 Å². The predicted octanol–water partition coefficient (Wildman–Crippen LogP) is 3.46. The van der Waals surface area contributed by atoms with Crippen LogP contribution in [0, 0.1) is 0 Å². The first-order valence-corrected chi connectivity index (χ1v) is 6.82. The number of hydrogen-bond donors (Lipinski definition) is 0. The quantitative estimate of drug-likeness (QED) is 0.772. The van der Waals surface area contributed by atoms with Gasteiger partial charge in [0, 0.05) is 6.54 Å². The maximum Gasteiger partial charge on any atom is 0.119 e. The topological polar surface area (TPSA) is 12.5 Å². The summed E-state index contributed by atoms with van der Waals surface area (Å²) in [4.78, 5) is 2.54. The van der Waals surface area contributed by atoms with E-state index in [2.05, 4.69) is 36.1 Å². The molecule has 1 aromatic rings. The van der Waals surface area contributed by atoms with E-state index in [9.17, 15) is 0 Å². The highest BCUT2D eigenvalue weighted by atomic mass is 16.5. The van der Waals surface area contributed by atoms with Gasteiger partial charge in [-0.3, -0.25) is 4.90 Å². The second kappa shape index (κ2) is 6.65. The Morgan fingerprint density at radius 3 is 2.76 bits per heavy atom. The summed E-state index contributed by atoms with van der Waals surface area (Å²) >= 11 is 0. The molecule has 1 heterocycles. The normalized spacial score (nSPS) is 17.0. The van der Waals surface area contributed by atoms with E-state index in [0.29, 0.717) is 0 Å². The molecular weight excluding hydrogens is 210 g/mol. The summed E-state index contributed by atoms with van der Waals surface area (Å²) in [5, 5.41) is 0. The molecule has 2 nitrogen and oxygen atoms in total. The lowest BCUT2D eigenvalue weighted by molar-refractivity contribution is 0.220. The Kier molecular flexibility index (Phi) is 4.87. The van der Waals surface area contributed by atoms with Gasteiger partial charge >= 0.3 is 0 Å². The van der Waals surface area contributed by atoms with Crippen LogP contribution in [0.1, 0.15) is 38.2 Å². The highest BCUT2D eigenvalue weighted by Crippen LogP contribution is 2.17. The van der Waals surface area contributed by atoms with E-state index in [1.807, 2.05) is 0 Å². The third kappa shape index (κ3) is 4.04. The van der Waals surface area contributed by atoms with Crippen molar-refractivity contribution < 1.29 is 4.74 Å². The van der Waals surface area contributed by atoms with Crippen molar-refractivity contribution in [3.8, 4) is 5.75 Å². The van der Waals surface area contributed by atoms with Crippen LogP contribution in [0.25, 0.3) is 0 Å². The van der Waals surface area contributed by atoms with Gasteiger partial charge < -0.3 is 4.74 Å². The highest BCUT2D eigenvalue weighted by Gasteiger charge is 2.10. The van der Waals surface area contributed by atoms with Crippen molar-refractivity contribution in [2.45, 2.75) is 39.2 Å². The van der Waals surface area contributed by atoms with Crippen molar-refractivity contribution in [1.29, 1.82) is 0 Å². The molecule has 1 saturated heterocycles. The Balaban J connectivity index is 1.90. The minimum absolute atomic E-state index is 0.813. The fraction of sp³-hybridized carbons (Fsp3) is 0.600. The van der Waals surface area contributed by atoms with Crippen molar-refractivity contribution in [3.05, 3.63) is 29.8 Å². The first-order chi connectivity index (χ1) is 8.38. The highest BCUT2D eigenvalue weighted by molar-refractivity contribution is 5.28. The van der Waals surface area contributed by atoms with E-state index < -0.39 is 0 Å². The smallest absolute Gasteiger partial charge is 0.119 e. The molecule has 17 heavy (non-hydrogen) atoms. The SMILES string of the molecule is CCCOc1cccc(CN2CCCCC2)c1. The molecule has 1 fully saturated rings. The zero-order valence-electron chi connectivity index (χ0n) is 10.8. The average molecular weight is 233 g/mol. The molecule has 94 valence electrons. The molecule has 0 amide bonds. The largest absolute Gasteiger partial charge is 0.494 e. The van der Waals surface area contributed by atoms with Gasteiger partial charge in [0.2, 0.25) is 0 Å². The molecule has 0 spiro atoms. The molecule has 1 aromatic carbocycles. The van der Waals surface area contributed by atoms with Crippen molar-refractivity contribution in [2.24, 2.45) is 0 Å². The average Bonchev–Trinajstić information content (AvgIpc) is 2.38. The third-order valence-corrected chi connectivity index (χ3v) is 3.23. The van der Waals surface area contributed by atoms with Crippen LogP contribution in [0.3, 0.4) is 0 Å². The van der Waals surface area contributed by atoms with Gasteiger partial charge in [-0.05, 0) is 50.0 Å². The van der Waals surface area contributed by atoms with E-state index in [0.717, 1.165) is 25.3 Å². The molecule has 0 radical (unpaired) electrons. The molecule has 0 aliphatic carbocycles. The molecule has 0 saturated carbocycles. The van der Waals surface area contributed by atoms with E-state index in [-0.39, 0.29) is 0 Å². The summed E-state index contributed by atoms with van der Waals surface area (Å²) in [6.07, 6.45) is 5.17. The van der Waals surface area contributed by atoms with E-state index in [1.54, 1.807) is 0 Å². The minimum Gasteiger partial charge on any atom is -0.494 e. The number of nitrogens with zero attached hydrogens (tertiary/aromatic N) is 1. The molecule has 1 aliphatic rings. The maximum atomic E-state index is 5.67. The summed E-state index contributed by atoms with van der Waals surface area (Å²) in [5.74, 6) is 1.02. The lowest BCUT2D eigenvalue weighted by Crippen LogP contribution is -2.29. The lowest BCUT2D eigenvalue weighted by atomic mass is 10.1. The maximum absolute atomic E-state index is 5.67. The van der Waals surface area contributed by atoms with Gasteiger partial charge in [-0.2, -0.15) is 0 Å². The lowest BCUT2D eigenvalue weighted by Gasteiger charge is -2.26. The van der Waals surface area contributed by atoms with Gasteiger partial charge in [0.1, 0.15) is 5.75 Å². The zero-order chi connectivity index (χ0) is 11.9. The van der Waals surface area contributed by atoms with E-state index >= 15 is 0 Å². The molecule has 0 atom stereocenters. The summed E-state index contributed by atoms with van der Waals surface area (Å²) in [6, 6.07) is 8.54. The van der Waals surface area contributed by atoms with Gasteiger partial charge in [0.05, 0.1) is 6.61 Å². The van der Waals surface area contributed by atoms with Crippen LogP contribution in [0.4, 0.5) is 0 Å². The molecule has 0 bridgehead atoms. The summed E-state index contributed by atoms with van der Waals surface area (Å²) in [7, 11) is 0. The van der Waals surface area contributed by atoms with Gasteiger partial charge in [-0.15, -0.1) is 0 Å². The van der Waals surface area contributed by atoms with Crippen molar-refractivity contribution in [2.75, 3.05) is 19.7 Å². The number of ether oxygens (including phenoxy) is 1. The Morgan fingerprint density at radius 1 is 1.18 bits per heavy atom. The van der Waals surface area contributed by atoms with Crippen LogP contribution >= 0.6 is 0 Å². The van der Waals surface area contributed by atoms with Crippen molar-refractivity contribution in [3.63, 3.8) is 0 Å². The summed E-state index contributed by atoms with van der Waals surface area (Å²) in [5.41, 5.74) is 1.38. The van der Waals surface area contributed by atoms with Gasteiger partial charge in [0.15, 0.2) is 0 Å². The minimum atomic E-state index is 0.813. The molecule has 0 N–H and O–H groups in total. The van der Waals surface area contributed by atoms with Gasteiger partial charge in [0.25, 0.3) is 0 Å². The second-order valence-corrected chi connectivity index (χ2v) is 4.83. The van der Waals surface area contributed by atoms with Crippen molar-refractivity contribution in [1.82, 2.24) is 4.90 Å². The standard InChI is InChI=1S/C15H23NO/c1-2-11-17-15-8-6-7-14(12-15)13-16-9-4-3-5-10-16/h6-8,12H,2-5,9-11,13H2,1H3. The first-order valence-electron chi connectivity index (χ1n) is 6.82. The molecular formula is C15H23NO. The van der Waals surface area contributed by atoms with Gasteiger partial charge in [-0.1, -0.05) is 25.5 Å². The zero-order valence-corrected chi connectivity index (χ0v) is 10.8. The van der Waals surface area contributed by atoms with Crippen LogP contribution in [0.15, 0.2) is 24.3 Å². The number of piperidine rings is 1. The third-order valence-electron chi connectivity index (χ3n) is 3.23. The molecule has 1 aliphatic heterocycles. The van der Waals surface area contributed by atoms with Crippen LogP contribution in [-0.4, -0.2) is 24.6 Å². The van der Waals surface area contributed by atoms with Crippen LogP contribution in [0.2, 0.25) is 0 Å². The Bertz CT molecular complexity index is 331. The number of hydrogen-bond acceptors (Lipinski definition) is 2. The Labute approximate surface area is 105 Å². The Hall–Kier alpha value is -1.02. The number of benzene rings is 1. The van der Waals surface area contributed by atoms with Crippen LogP contribution in [0.5, 0.6) is 5.75 Å². The molecule has 0 aromatic heterocycles. The van der Waals surface area contributed by atoms with Crippen LogP contribution < -0.4 is 4.74 Å². The number of rotatable bonds is 5. The van der Waals surface area contributed by atoms with Gasteiger partial charge in [-0.25, -0.2) is 0 Å². The summed E-state index contributed by atoms with van der Waals surface area (Å²) < 4.78 is 5.67. The second-order valence-electron chi connectivity index (χ2n) is 4.83. The molecule has 0 unspecified atom stereocenters. The number of likely N-dealkylation sites (tertiary alicyclic amines) is 1. The van der Waals surface area contributed by atoms with E-state index in [1.165, 1.54) is 37.9 Å².